The molecule has 9 nitrogen and oxygen atoms in total. The average Bonchev–Trinajstić information content (AvgIpc) is 3.35. The van der Waals surface area contributed by atoms with Gasteiger partial charge in [-0.15, -0.1) is 0 Å². The van der Waals surface area contributed by atoms with Gasteiger partial charge in [0.25, 0.3) is 0 Å². The molecule has 0 aliphatic carbocycles. The fourth-order valence-electron chi connectivity index (χ4n) is 5.08. The minimum absolute atomic E-state index is 0.281. The van der Waals surface area contributed by atoms with E-state index in [0.29, 0.717) is 29.9 Å². The normalized spacial score (nSPS) is 17.7. The highest BCUT2D eigenvalue weighted by atomic mass is 19.2. The van der Waals surface area contributed by atoms with Gasteiger partial charge in [-0.25, -0.2) is 23.3 Å². The molecule has 1 unspecified atom stereocenters. The molecule has 1 aromatic carbocycles. The highest BCUT2D eigenvalue weighted by Gasteiger charge is 2.35. The van der Waals surface area contributed by atoms with Gasteiger partial charge in [-0.05, 0) is 54.8 Å². The molecule has 5 heterocycles. The monoisotopic (exact) mass is 513 g/mol. The van der Waals surface area contributed by atoms with E-state index in [1.54, 1.807) is 23.1 Å². The van der Waals surface area contributed by atoms with E-state index in [9.17, 15) is 8.78 Å². The number of aromatic nitrogens is 6. The topological polar surface area (TPSA) is 124 Å². The third-order valence-corrected chi connectivity index (χ3v) is 6.99. The number of rotatable bonds is 5. The van der Waals surface area contributed by atoms with Crippen molar-refractivity contribution in [3.63, 3.8) is 0 Å². The molecule has 5 aromatic rings. The molecule has 6 rings (SSSR count). The summed E-state index contributed by atoms with van der Waals surface area (Å²) in [5.41, 5.74) is 17.1. The number of nitrogens with two attached hydrogens (primary N) is 2. The maximum Gasteiger partial charge on any atom is 0.196 e. The number of fused-ring (bicyclic) bond motifs is 1. The van der Waals surface area contributed by atoms with E-state index in [4.69, 9.17) is 11.5 Å². The molecule has 1 aliphatic rings. The van der Waals surface area contributed by atoms with Crippen molar-refractivity contribution >= 4 is 17.2 Å². The highest BCUT2D eigenvalue weighted by Crippen LogP contribution is 2.34. The van der Waals surface area contributed by atoms with Crippen LogP contribution >= 0.6 is 0 Å². The molecule has 38 heavy (non-hydrogen) atoms. The van der Waals surface area contributed by atoms with Gasteiger partial charge in [0.1, 0.15) is 6.33 Å². The average molecular weight is 514 g/mol. The molecule has 4 N–H and O–H groups in total. The van der Waals surface area contributed by atoms with Crippen molar-refractivity contribution in [1.29, 1.82) is 0 Å². The summed E-state index contributed by atoms with van der Waals surface area (Å²) in [6, 6.07) is 11.4. The summed E-state index contributed by atoms with van der Waals surface area (Å²) in [6.45, 7) is 1.33. The van der Waals surface area contributed by atoms with Crippen LogP contribution in [0.2, 0.25) is 0 Å². The van der Waals surface area contributed by atoms with Gasteiger partial charge in [0.2, 0.25) is 0 Å². The third kappa shape index (κ3) is 4.30. The van der Waals surface area contributed by atoms with Crippen LogP contribution in [0.1, 0.15) is 29.8 Å². The first kappa shape index (κ1) is 23.9. The Kier molecular flexibility index (Phi) is 5.91. The summed E-state index contributed by atoms with van der Waals surface area (Å²) < 4.78 is 29.3. The van der Waals surface area contributed by atoms with Gasteiger partial charge in [0.15, 0.2) is 23.1 Å². The van der Waals surface area contributed by atoms with Crippen LogP contribution in [0.5, 0.6) is 0 Å². The van der Waals surface area contributed by atoms with Gasteiger partial charge < -0.3 is 16.4 Å². The van der Waals surface area contributed by atoms with E-state index < -0.39 is 17.2 Å². The Morgan fingerprint density at radius 1 is 0.974 bits per heavy atom. The standard InChI is InChI=1S/C27H25F2N9/c28-20-6-5-17(11-21(20)29)22-12-18(10-19-13-34-26-25(30)35-16-36-38(19)26)23(14-33-22)37-9-3-7-27(31,15-37)24-4-1-2-8-32-24/h1-2,4-6,8,11-14,16H,3,7,9-10,15,31H2,(H2,30,35,36). The van der Waals surface area contributed by atoms with Crippen molar-refractivity contribution in [3.05, 3.63) is 96.0 Å². The predicted molar refractivity (Wildman–Crippen MR) is 139 cm³/mol. The number of halogens is 2. The van der Waals surface area contributed by atoms with Crippen LogP contribution in [0.4, 0.5) is 20.3 Å². The number of hydrogen-bond acceptors (Lipinski definition) is 8. The van der Waals surface area contributed by atoms with Crippen LogP contribution in [0.25, 0.3) is 16.9 Å². The molecule has 0 bridgehead atoms. The van der Waals surface area contributed by atoms with Crippen LogP contribution in [0.3, 0.4) is 0 Å². The summed E-state index contributed by atoms with van der Waals surface area (Å²) in [7, 11) is 0. The van der Waals surface area contributed by atoms with Crippen LogP contribution in [0.15, 0.2) is 67.4 Å². The lowest BCUT2D eigenvalue weighted by atomic mass is 9.86. The van der Waals surface area contributed by atoms with Gasteiger partial charge >= 0.3 is 0 Å². The Labute approximate surface area is 217 Å². The van der Waals surface area contributed by atoms with Gasteiger partial charge in [0.05, 0.1) is 40.7 Å². The van der Waals surface area contributed by atoms with Crippen LogP contribution in [-0.4, -0.2) is 42.6 Å². The summed E-state index contributed by atoms with van der Waals surface area (Å²) in [6.07, 6.45) is 8.72. The third-order valence-electron chi connectivity index (χ3n) is 6.99. The first-order valence-electron chi connectivity index (χ1n) is 12.2. The van der Waals surface area contributed by atoms with Crippen molar-refractivity contribution in [3.8, 4) is 11.3 Å². The molecule has 1 saturated heterocycles. The van der Waals surface area contributed by atoms with Gasteiger partial charge in [-0.3, -0.25) is 9.97 Å². The summed E-state index contributed by atoms with van der Waals surface area (Å²) >= 11 is 0. The quantitative estimate of drug-likeness (QED) is 0.366. The number of benzene rings is 1. The number of nitrogens with zero attached hydrogens (tertiary/aromatic N) is 7. The molecule has 0 amide bonds. The second-order valence-electron chi connectivity index (χ2n) is 9.53. The Morgan fingerprint density at radius 3 is 2.68 bits per heavy atom. The van der Waals surface area contributed by atoms with Crippen LogP contribution in [0, 0.1) is 11.6 Å². The number of anilines is 2. The lowest BCUT2D eigenvalue weighted by Crippen LogP contribution is -2.52. The molecule has 4 aromatic heterocycles. The minimum atomic E-state index is -0.928. The number of piperidine rings is 1. The molecule has 0 radical (unpaired) electrons. The molecule has 1 fully saturated rings. The fourth-order valence-corrected chi connectivity index (χ4v) is 5.08. The molecule has 11 heteroatoms. The van der Waals surface area contributed by atoms with E-state index in [2.05, 4.69) is 29.9 Å². The zero-order chi connectivity index (χ0) is 26.3. The Bertz CT molecular complexity index is 1620. The molecule has 0 saturated carbocycles. The second-order valence-corrected chi connectivity index (χ2v) is 9.53. The molecule has 0 spiro atoms. The van der Waals surface area contributed by atoms with Gasteiger partial charge in [0, 0.05) is 31.3 Å². The molecule has 192 valence electrons. The van der Waals surface area contributed by atoms with E-state index in [1.165, 1.54) is 12.4 Å². The number of nitrogen functional groups attached to an aromatic ring is 1. The van der Waals surface area contributed by atoms with Crippen molar-refractivity contribution in [2.75, 3.05) is 23.7 Å². The van der Waals surface area contributed by atoms with Crippen molar-refractivity contribution in [1.82, 2.24) is 29.5 Å². The van der Waals surface area contributed by atoms with Crippen molar-refractivity contribution in [2.45, 2.75) is 24.8 Å². The lowest BCUT2D eigenvalue weighted by molar-refractivity contribution is 0.345. The van der Waals surface area contributed by atoms with Gasteiger partial charge in [-0.1, -0.05) is 6.07 Å². The number of imidazole rings is 1. The smallest absolute Gasteiger partial charge is 0.196 e. The summed E-state index contributed by atoms with van der Waals surface area (Å²) in [4.78, 5) is 19.8. The zero-order valence-corrected chi connectivity index (χ0v) is 20.4. The van der Waals surface area contributed by atoms with Crippen LogP contribution in [-0.2, 0) is 12.0 Å². The largest absolute Gasteiger partial charge is 0.381 e. The summed E-state index contributed by atoms with van der Waals surface area (Å²) in [5, 5.41) is 4.32. The van der Waals surface area contributed by atoms with Crippen molar-refractivity contribution in [2.24, 2.45) is 5.73 Å². The predicted octanol–water partition coefficient (Wildman–Crippen LogP) is 3.49. The number of pyridine rings is 2. The molecular weight excluding hydrogens is 488 g/mol. The Balaban J connectivity index is 1.43. The molecule has 1 atom stereocenters. The fraction of sp³-hybridized carbons (Fsp3) is 0.222. The SMILES string of the molecule is Nc1ncnn2c(Cc3cc(-c4ccc(F)c(F)c4)ncc3N3CCCC(N)(c4ccccn4)C3)cnc12. The lowest BCUT2D eigenvalue weighted by Gasteiger charge is -2.41. The second kappa shape index (κ2) is 9.42. The van der Waals surface area contributed by atoms with E-state index in [1.807, 2.05) is 24.3 Å². The van der Waals surface area contributed by atoms with E-state index >= 15 is 0 Å². The maximum absolute atomic E-state index is 14.0. The van der Waals surface area contributed by atoms with E-state index in [0.717, 1.165) is 54.2 Å². The zero-order valence-electron chi connectivity index (χ0n) is 20.4. The first-order chi connectivity index (χ1) is 18.4. The molecule has 1 aliphatic heterocycles. The van der Waals surface area contributed by atoms with Crippen LogP contribution < -0.4 is 16.4 Å². The van der Waals surface area contributed by atoms with Crippen molar-refractivity contribution < 1.29 is 8.78 Å². The Morgan fingerprint density at radius 2 is 1.87 bits per heavy atom. The minimum Gasteiger partial charge on any atom is -0.381 e. The van der Waals surface area contributed by atoms with E-state index in [-0.39, 0.29) is 5.82 Å². The molecular formula is C27H25F2N9. The summed E-state index contributed by atoms with van der Waals surface area (Å²) in [5.74, 6) is -1.55. The number of hydrogen-bond donors (Lipinski definition) is 2. The van der Waals surface area contributed by atoms with Gasteiger partial charge in [-0.2, -0.15) is 5.10 Å². The first-order valence-corrected chi connectivity index (χ1v) is 12.2. The maximum atomic E-state index is 14.0. The Hall–Kier alpha value is -4.51. The highest BCUT2D eigenvalue weighted by molar-refractivity contribution is 5.66.